The topological polar surface area (TPSA) is 97.6 Å². The normalized spacial score (nSPS) is 10.0. The molecule has 0 atom stereocenters. The fourth-order valence-electron chi connectivity index (χ4n) is 1.82. The number of aromatic nitrogens is 1. The number of carbonyl (C=O) groups excluding carboxylic acids is 1. The van der Waals surface area contributed by atoms with Crippen molar-refractivity contribution < 1.29 is 14.5 Å². The number of rotatable bonds is 6. The first-order valence-corrected chi connectivity index (χ1v) is 6.77. The van der Waals surface area contributed by atoms with Gasteiger partial charge in [-0.15, -0.1) is 0 Å². The molecule has 1 aromatic heterocycles. The fraction of sp³-hybridized carbons (Fsp3) is 0.200. The Balaban J connectivity index is 1.94. The number of ether oxygens (including phenoxy) is 1. The molecule has 0 aliphatic rings. The molecule has 0 radical (unpaired) electrons. The van der Waals surface area contributed by atoms with E-state index in [1.54, 1.807) is 12.1 Å². The summed E-state index contributed by atoms with van der Waals surface area (Å²) < 4.78 is 5.17. The number of carbonyl (C=O) groups is 1. The molecule has 2 rings (SSSR count). The Kier molecular flexibility index (Phi) is 5.08. The lowest BCUT2D eigenvalue weighted by atomic mass is 10.2. The van der Waals surface area contributed by atoms with E-state index < -0.39 is 16.6 Å². The largest absolute Gasteiger partial charge is 0.476 e. The lowest BCUT2D eigenvalue weighted by molar-refractivity contribution is -0.390. The van der Waals surface area contributed by atoms with Crippen LogP contribution in [0.25, 0.3) is 0 Å². The van der Waals surface area contributed by atoms with Crippen LogP contribution in [0.2, 0.25) is 0 Å². The van der Waals surface area contributed by atoms with Crippen LogP contribution in [0.1, 0.15) is 0 Å². The second kappa shape index (κ2) is 7.21. The van der Waals surface area contributed by atoms with Gasteiger partial charge in [0.25, 0.3) is 5.91 Å². The SMILES string of the molecule is CN(C)c1ccc(NC(=O)COc2cccnc2[N+](=O)[O-])cc1. The number of hydrogen-bond acceptors (Lipinski definition) is 6. The highest BCUT2D eigenvalue weighted by Gasteiger charge is 2.16. The van der Waals surface area contributed by atoms with Gasteiger partial charge < -0.3 is 25.1 Å². The van der Waals surface area contributed by atoms with Crippen molar-refractivity contribution >= 4 is 23.1 Å². The van der Waals surface area contributed by atoms with E-state index in [-0.39, 0.29) is 12.4 Å². The first kappa shape index (κ1) is 16.2. The van der Waals surface area contributed by atoms with E-state index in [0.717, 1.165) is 5.69 Å². The molecule has 1 aromatic carbocycles. The van der Waals surface area contributed by atoms with Crippen molar-refractivity contribution in [2.45, 2.75) is 0 Å². The average Bonchev–Trinajstić information content (AvgIpc) is 2.53. The summed E-state index contributed by atoms with van der Waals surface area (Å²) in [5, 5.41) is 13.5. The number of benzene rings is 1. The van der Waals surface area contributed by atoms with Crippen LogP contribution < -0.4 is 15.0 Å². The summed E-state index contributed by atoms with van der Waals surface area (Å²) in [5.41, 5.74) is 1.62. The molecule has 1 N–H and O–H groups in total. The number of nitrogens with zero attached hydrogens (tertiary/aromatic N) is 3. The number of anilines is 2. The highest BCUT2D eigenvalue weighted by atomic mass is 16.6. The third-order valence-electron chi connectivity index (χ3n) is 2.95. The maximum absolute atomic E-state index is 11.8. The molecule has 0 fully saturated rings. The number of amides is 1. The molecule has 0 saturated carbocycles. The zero-order chi connectivity index (χ0) is 16.8. The van der Waals surface area contributed by atoms with Crippen molar-refractivity contribution in [3.05, 3.63) is 52.7 Å². The van der Waals surface area contributed by atoms with Crippen molar-refractivity contribution in [1.82, 2.24) is 4.98 Å². The van der Waals surface area contributed by atoms with E-state index in [2.05, 4.69) is 10.3 Å². The van der Waals surface area contributed by atoms with Gasteiger partial charge in [-0.3, -0.25) is 4.79 Å². The van der Waals surface area contributed by atoms with Gasteiger partial charge >= 0.3 is 5.82 Å². The van der Waals surface area contributed by atoms with E-state index >= 15 is 0 Å². The van der Waals surface area contributed by atoms with Crippen LogP contribution in [0.3, 0.4) is 0 Å². The zero-order valence-electron chi connectivity index (χ0n) is 12.7. The van der Waals surface area contributed by atoms with Crippen molar-refractivity contribution in [2.75, 3.05) is 30.9 Å². The van der Waals surface area contributed by atoms with E-state index in [9.17, 15) is 14.9 Å². The van der Waals surface area contributed by atoms with Crippen molar-refractivity contribution in [3.8, 4) is 5.75 Å². The predicted octanol–water partition coefficient (Wildman–Crippen LogP) is 2.07. The molecular weight excluding hydrogens is 300 g/mol. The fourth-order valence-corrected chi connectivity index (χ4v) is 1.82. The van der Waals surface area contributed by atoms with E-state index in [1.165, 1.54) is 18.3 Å². The Morgan fingerprint density at radius 2 is 2.00 bits per heavy atom. The molecule has 0 unspecified atom stereocenters. The predicted molar refractivity (Wildman–Crippen MR) is 85.8 cm³/mol. The van der Waals surface area contributed by atoms with E-state index in [4.69, 9.17) is 4.74 Å². The highest BCUT2D eigenvalue weighted by molar-refractivity contribution is 5.92. The monoisotopic (exact) mass is 316 g/mol. The number of hydrogen-bond donors (Lipinski definition) is 1. The lowest BCUT2D eigenvalue weighted by Crippen LogP contribution is -2.20. The average molecular weight is 316 g/mol. The minimum absolute atomic E-state index is 0.0457. The molecule has 0 bridgehead atoms. The lowest BCUT2D eigenvalue weighted by Gasteiger charge is -2.13. The van der Waals surface area contributed by atoms with Gasteiger partial charge in [-0.1, -0.05) is 0 Å². The van der Waals surface area contributed by atoms with Gasteiger partial charge in [-0.25, -0.2) is 0 Å². The van der Waals surface area contributed by atoms with Gasteiger partial charge in [0.2, 0.25) is 5.75 Å². The Labute approximate surface area is 132 Å². The molecule has 0 aliphatic heterocycles. The van der Waals surface area contributed by atoms with Gasteiger partial charge in [-0.2, -0.15) is 0 Å². The summed E-state index contributed by atoms with van der Waals surface area (Å²) in [6.07, 6.45) is 1.29. The molecule has 2 aromatic rings. The highest BCUT2D eigenvalue weighted by Crippen LogP contribution is 2.22. The molecule has 8 heteroatoms. The molecule has 23 heavy (non-hydrogen) atoms. The summed E-state index contributed by atoms with van der Waals surface area (Å²) in [4.78, 5) is 27.5. The summed E-state index contributed by atoms with van der Waals surface area (Å²) >= 11 is 0. The van der Waals surface area contributed by atoms with Crippen molar-refractivity contribution in [2.24, 2.45) is 0 Å². The summed E-state index contributed by atoms with van der Waals surface area (Å²) in [6, 6.07) is 10.1. The molecule has 120 valence electrons. The number of nitrogens with one attached hydrogen (secondary N) is 1. The first-order chi connectivity index (χ1) is 11.0. The smallest absolute Gasteiger partial charge is 0.406 e. The van der Waals surface area contributed by atoms with Gasteiger partial charge in [0, 0.05) is 25.5 Å². The van der Waals surface area contributed by atoms with Crippen LogP contribution in [0, 0.1) is 10.1 Å². The molecule has 1 heterocycles. The summed E-state index contributed by atoms with van der Waals surface area (Å²) in [6.45, 7) is -0.345. The maximum atomic E-state index is 11.8. The van der Waals surface area contributed by atoms with Gasteiger partial charge in [0.1, 0.15) is 6.20 Å². The molecule has 0 aliphatic carbocycles. The Bertz CT molecular complexity index is 701. The van der Waals surface area contributed by atoms with Crippen molar-refractivity contribution in [1.29, 1.82) is 0 Å². The number of nitro groups is 1. The summed E-state index contributed by atoms with van der Waals surface area (Å²) in [5.74, 6) is -0.882. The van der Waals surface area contributed by atoms with Gasteiger partial charge in [0.15, 0.2) is 6.61 Å². The molecular formula is C15H16N4O4. The second-order valence-corrected chi connectivity index (χ2v) is 4.86. The summed E-state index contributed by atoms with van der Waals surface area (Å²) in [7, 11) is 3.84. The molecule has 1 amide bonds. The van der Waals surface area contributed by atoms with Crippen molar-refractivity contribution in [3.63, 3.8) is 0 Å². The Morgan fingerprint density at radius 1 is 1.30 bits per heavy atom. The van der Waals surface area contributed by atoms with E-state index in [0.29, 0.717) is 5.69 Å². The third kappa shape index (κ3) is 4.40. The molecule has 8 nitrogen and oxygen atoms in total. The minimum Gasteiger partial charge on any atom is -0.476 e. The van der Waals surface area contributed by atoms with Crippen LogP contribution >= 0.6 is 0 Å². The zero-order valence-corrected chi connectivity index (χ0v) is 12.7. The van der Waals surface area contributed by atoms with Crippen LogP contribution in [0.15, 0.2) is 42.6 Å². The number of pyridine rings is 1. The van der Waals surface area contributed by atoms with Gasteiger partial charge in [0.05, 0.1) is 0 Å². The Hall–Kier alpha value is -3.16. The van der Waals surface area contributed by atoms with Crippen LogP contribution in [0.4, 0.5) is 17.2 Å². The first-order valence-electron chi connectivity index (χ1n) is 6.77. The van der Waals surface area contributed by atoms with Gasteiger partial charge in [-0.05, 0) is 46.3 Å². The van der Waals surface area contributed by atoms with Crippen LogP contribution in [-0.2, 0) is 4.79 Å². The van der Waals surface area contributed by atoms with E-state index in [1.807, 2.05) is 31.1 Å². The standard InChI is InChI=1S/C15H16N4O4/c1-18(2)12-7-5-11(6-8-12)17-14(20)10-23-13-4-3-9-16-15(13)19(21)22/h3-9H,10H2,1-2H3,(H,17,20). The Morgan fingerprint density at radius 3 is 2.61 bits per heavy atom. The minimum atomic E-state index is -0.660. The quantitative estimate of drug-likeness (QED) is 0.647. The second-order valence-electron chi connectivity index (χ2n) is 4.86. The maximum Gasteiger partial charge on any atom is 0.406 e. The van der Waals surface area contributed by atoms with Crippen LogP contribution in [-0.4, -0.2) is 36.5 Å². The molecule has 0 spiro atoms. The third-order valence-corrected chi connectivity index (χ3v) is 2.95. The molecule has 0 saturated heterocycles. The van der Waals surface area contributed by atoms with Crippen LogP contribution in [0.5, 0.6) is 5.75 Å².